The van der Waals surface area contributed by atoms with Crippen LogP contribution in [0.1, 0.15) is 22.5 Å². The number of nitrogens with zero attached hydrogens (tertiary/aromatic N) is 6. The third kappa shape index (κ3) is 1.61. The molecule has 0 fully saturated rings. The molecule has 0 atom stereocenters. The van der Waals surface area contributed by atoms with Gasteiger partial charge in [0.15, 0.2) is 0 Å². The summed E-state index contributed by atoms with van der Waals surface area (Å²) in [6.45, 7) is 0. The summed E-state index contributed by atoms with van der Waals surface area (Å²) in [5.74, 6) is 0. The van der Waals surface area contributed by atoms with Crippen molar-refractivity contribution in [3.8, 4) is 12.4 Å². The van der Waals surface area contributed by atoms with E-state index < -0.39 is 0 Å². The molecule has 3 rings (SSSR count). The van der Waals surface area contributed by atoms with Gasteiger partial charge < -0.3 is 0 Å². The second-order valence-electron chi connectivity index (χ2n) is 3.63. The molecular weight excluding hydrogens is 260 g/mol. The smallest absolute Gasteiger partial charge is 0.171 e. The van der Waals surface area contributed by atoms with E-state index in [2.05, 4.69) is 18.7 Å². The van der Waals surface area contributed by atoms with Gasteiger partial charge in [0.2, 0.25) is 12.4 Å². The molecule has 0 saturated carbocycles. The molecule has 6 nitrogen and oxygen atoms in total. The number of fused-ring (bicyclic) bond motifs is 2. The van der Waals surface area contributed by atoms with Crippen molar-refractivity contribution in [3.05, 3.63) is 46.8 Å². The van der Waals surface area contributed by atoms with Crippen molar-refractivity contribution in [2.24, 2.45) is 9.98 Å². The quantitative estimate of drug-likeness (QED) is 0.574. The van der Waals surface area contributed by atoms with Crippen LogP contribution in [0.25, 0.3) is 0 Å². The lowest BCUT2D eigenvalue weighted by molar-refractivity contribution is 1.33. The molecule has 88 valence electrons. The first-order valence-electron chi connectivity index (χ1n) is 5.23. The zero-order valence-electron chi connectivity index (χ0n) is 9.40. The van der Waals surface area contributed by atoms with E-state index in [-0.39, 0.29) is 0 Å². The van der Waals surface area contributed by atoms with Crippen molar-refractivity contribution >= 4 is 23.2 Å². The third-order valence-corrected chi connectivity index (χ3v) is 3.23. The van der Waals surface area contributed by atoms with Gasteiger partial charge in [-0.05, 0) is 0 Å². The van der Waals surface area contributed by atoms with Crippen LogP contribution in [0, 0.1) is 22.9 Å². The van der Waals surface area contributed by atoms with Gasteiger partial charge in [-0.1, -0.05) is 24.3 Å². The molecular formula is C12H4N6S. The molecule has 7 heteroatoms. The van der Waals surface area contributed by atoms with Gasteiger partial charge in [0.05, 0.1) is 11.7 Å². The van der Waals surface area contributed by atoms with Crippen LogP contribution >= 0.6 is 11.7 Å². The summed E-state index contributed by atoms with van der Waals surface area (Å²) in [6, 6.07) is 7.31. The Morgan fingerprint density at radius 3 is 1.79 bits per heavy atom. The lowest BCUT2D eigenvalue weighted by Crippen LogP contribution is -2.22. The van der Waals surface area contributed by atoms with Crippen LogP contribution in [0.15, 0.2) is 34.3 Å². The predicted octanol–water partition coefficient (Wildman–Crippen LogP) is 1.49. The minimum atomic E-state index is 0.471. The van der Waals surface area contributed by atoms with E-state index in [1.54, 1.807) is 12.4 Å². The third-order valence-electron chi connectivity index (χ3n) is 2.70. The second kappa shape index (κ2) is 4.41. The van der Waals surface area contributed by atoms with Crippen molar-refractivity contribution in [1.29, 1.82) is 10.5 Å². The molecule has 0 spiro atoms. The molecule has 1 aromatic heterocycles. The number of hydrogen-bond acceptors (Lipinski definition) is 7. The van der Waals surface area contributed by atoms with Gasteiger partial charge in [0, 0.05) is 11.1 Å². The number of hydrogen-bond donors (Lipinski definition) is 0. The van der Waals surface area contributed by atoms with E-state index in [0.717, 1.165) is 22.9 Å². The molecule has 0 bridgehead atoms. The summed E-state index contributed by atoms with van der Waals surface area (Å²) in [7, 11) is 0. The zero-order chi connectivity index (χ0) is 13.2. The summed E-state index contributed by atoms with van der Waals surface area (Å²) >= 11 is 1.00. The van der Waals surface area contributed by atoms with Crippen LogP contribution in [-0.2, 0) is 0 Å². The first-order valence-corrected chi connectivity index (χ1v) is 5.96. The van der Waals surface area contributed by atoms with Crippen LogP contribution in [0.3, 0.4) is 0 Å². The molecule has 1 aliphatic rings. The first kappa shape index (κ1) is 11.2. The highest BCUT2D eigenvalue weighted by Gasteiger charge is 2.30. The lowest BCUT2D eigenvalue weighted by atomic mass is 9.89. The van der Waals surface area contributed by atoms with Crippen molar-refractivity contribution in [2.45, 2.75) is 0 Å². The molecule has 2 aromatic rings. The molecule has 0 amide bonds. The van der Waals surface area contributed by atoms with Gasteiger partial charge in [-0.2, -0.15) is 29.3 Å². The van der Waals surface area contributed by atoms with Gasteiger partial charge in [-0.15, -0.1) is 0 Å². The van der Waals surface area contributed by atoms with E-state index in [9.17, 15) is 0 Å². The van der Waals surface area contributed by atoms with Crippen molar-refractivity contribution in [1.82, 2.24) is 8.75 Å². The maximum Gasteiger partial charge on any atom is 0.206 e. The highest BCUT2D eigenvalue weighted by Crippen LogP contribution is 2.27. The van der Waals surface area contributed by atoms with E-state index in [0.29, 0.717) is 22.8 Å². The summed E-state index contributed by atoms with van der Waals surface area (Å²) in [5.41, 5.74) is 3.41. The van der Waals surface area contributed by atoms with Gasteiger partial charge in [0.1, 0.15) is 22.8 Å². The number of nitriles is 2. The first-order chi connectivity index (χ1) is 9.36. The highest BCUT2D eigenvalue weighted by atomic mass is 32.1. The molecule has 0 unspecified atom stereocenters. The fraction of sp³-hybridized carbons (Fsp3) is 0. The molecule has 1 heterocycles. The Morgan fingerprint density at radius 1 is 0.895 bits per heavy atom. The molecule has 0 aliphatic heterocycles. The Hall–Kier alpha value is -2.90. The fourth-order valence-corrected chi connectivity index (χ4v) is 2.53. The maximum absolute atomic E-state index is 8.81. The standard InChI is InChI=1S/C12H4N6S/c13-5-15-9-7-3-1-2-4-8(7)10(16-6-14)12-11(9)17-19-18-12/h1-4H. The van der Waals surface area contributed by atoms with E-state index in [1.165, 1.54) is 0 Å². The van der Waals surface area contributed by atoms with Crippen LogP contribution in [0.2, 0.25) is 0 Å². The molecule has 0 radical (unpaired) electrons. The SMILES string of the molecule is N#CN=C1c2ccccc2C(=NC#N)c2nsnc21. The summed E-state index contributed by atoms with van der Waals surface area (Å²) in [5, 5.41) is 17.6. The van der Waals surface area contributed by atoms with Crippen molar-refractivity contribution in [2.75, 3.05) is 0 Å². The van der Waals surface area contributed by atoms with E-state index in [1.807, 2.05) is 24.3 Å². The van der Waals surface area contributed by atoms with Gasteiger partial charge in [-0.3, -0.25) is 0 Å². The molecule has 19 heavy (non-hydrogen) atoms. The number of rotatable bonds is 0. The minimum absolute atomic E-state index is 0.471. The van der Waals surface area contributed by atoms with Crippen LogP contribution < -0.4 is 0 Å². The Kier molecular flexibility index (Phi) is 2.60. The van der Waals surface area contributed by atoms with Crippen LogP contribution in [0.4, 0.5) is 0 Å². The highest BCUT2D eigenvalue weighted by molar-refractivity contribution is 6.99. The maximum atomic E-state index is 8.81. The van der Waals surface area contributed by atoms with Gasteiger partial charge >= 0.3 is 0 Å². The minimum Gasteiger partial charge on any atom is -0.171 e. The molecule has 0 saturated heterocycles. The fourth-order valence-electron chi connectivity index (χ4n) is 1.98. The normalized spacial score (nSPS) is 16.5. The van der Waals surface area contributed by atoms with Crippen molar-refractivity contribution < 1.29 is 0 Å². The summed E-state index contributed by atoms with van der Waals surface area (Å²) in [6.07, 6.45) is 3.55. The Bertz CT molecular complexity index is 737. The number of benzene rings is 1. The van der Waals surface area contributed by atoms with Crippen molar-refractivity contribution in [3.63, 3.8) is 0 Å². The number of aromatic nitrogens is 2. The number of aliphatic imine (C=N–C) groups is 2. The average Bonchev–Trinajstić information content (AvgIpc) is 2.91. The van der Waals surface area contributed by atoms with E-state index in [4.69, 9.17) is 10.5 Å². The Morgan fingerprint density at radius 2 is 1.37 bits per heavy atom. The van der Waals surface area contributed by atoms with E-state index >= 15 is 0 Å². The summed E-state index contributed by atoms with van der Waals surface area (Å²) < 4.78 is 8.29. The Labute approximate surface area is 112 Å². The Balaban J connectivity index is 2.40. The topological polar surface area (TPSA) is 98.1 Å². The molecule has 1 aliphatic carbocycles. The van der Waals surface area contributed by atoms with Gasteiger partial charge in [0.25, 0.3) is 0 Å². The molecule has 0 N–H and O–H groups in total. The largest absolute Gasteiger partial charge is 0.206 e. The monoisotopic (exact) mass is 264 g/mol. The zero-order valence-corrected chi connectivity index (χ0v) is 10.2. The van der Waals surface area contributed by atoms with Gasteiger partial charge in [-0.25, -0.2) is 0 Å². The predicted molar refractivity (Wildman–Crippen MR) is 68.9 cm³/mol. The molecule has 1 aromatic carbocycles. The second-order valence-corrected chi connectivity index (χ2v) is 4.16. The summed E-state index contributed by atoms with van der Waals surface area (Å²) in [4.78, 5) is 7.64. The lowest BCUT2D eigenvalue weighted by Gasteiger charge is -2.16. The van der Waals surface area contributed by atoms with Crippen LogP contribution in [-0.4, -0.2) is 20.2 Å². The average molecular weight is 264 g/mol. The van der Waals surface area contributed by atoms with Crippen LogP contribution in [0.5, 0.6) is 0 Å².